The molecule has 7 heteroatoms. The summed E-state index contributed by atoms with van der Waals surface area (Å²) < 4.78 is 0.842. The van der Waals surface area contributed by atoms with Gasteiger partial charge in [0.25, 0.3) is 5.69 Å². The lowest BCUT2D eigenvalue weighted by atomic mass is 9.96. The van der Waals surface area contributed by atoms with Gasteiger partial charge in [0.05, 0.1) is 10.5 Å². The van der Waals surface area contributed by atoms with Crippen LogP contribution in [0.4, 0.5) is 5.69 Å². The first-order chi connectivity index (χ1) is 11.4. The summed E-state index contributed by atoms with van der Waals surface area (Å²) in [5.41, 5.74) is 7.79. The van der Waals surface area contributed by atoms with E-state index >= 15 is 0 Å². The number of halogens is 1. The van der Waals surface area contributed by atoms with Crippen LogP contribution >= 0.6 is 15.9 Å². The van der Waals surface area contributed by atoms with Gasteiger partial charge in [-0.2, -0.15) is 0 Å². The SMILES string of the molecule is CN1C(N)=C(c2cccc(Br)c2)C(=O)C1c1cccc([N+](=O)[O-])c1. The molecule has 1 aliphatic heterocycles. The molecule has 0 radical (unpaired) electrons. The van der Waals surface area contributed by atoms with Gasteiger partial charge in [0, 0.05) is 23.7 Å². The first-order valence-electron chi connectivity index (χ1n) is 7.17. The molecule has 1 aliphatic rings. The van der Waals surface area contributed by atoms with Crippen LogP contribution in [0.1, 0.15) is 17.2 Å². The van der Waals surface area contributed by atoms with Crippen molar-refractivity contribution < 1.29 is 9.72 Å². The number of carbonyl (C=O) groups is 1. The van der Waals surface area contributed by atoms with E-state index in [1.165, 1.54) is 12.1 Å². The molecule has 24 heavy (non-hydrogen) atoms. The highest BCUT2D eigenvalue weighted by Gasteiger charge is 2.38. The Morgan fingerprint density at radius 1 is 1.21 bits per heavy atom. The van der Waals surface area contributed by atoms with E-state index < -0.39 is 11.0 Å². The molecule has 2 N–H and O–H groups in total. The second-order valence-electron chi connectivity index (χ2n) is 5.50. The first kappa shape index (κ1) is 16.2. The van der Waals surface area contributed by atoms with Crippen molar-refractivity contribution in [2.24, 2.45) is 5.73 Å². The van der Waals surface area contributed by atoms with Crippen LogP contribution in [0.3, 0.4) is 0 Å². The number of non-ortho nitro benzene ring substituents is 1. The molecular formula is C17H14BrN3O3. The number of carbonyl (C=O) groups excluding carboxylic acids is 1. The normalized spacial score (nSPS) is 17.5. The van der Waals surface area contributed by atoms with Gasteiger partial charge in [-0.05, 0) is 23.3 Å². The Hall–Kier alpha value is -2.67. The fraction of sp³-hybridized carbons (Fsp3) is 0.118. The van der Waals surface area contributed by atoms with Gasteiger partial charge in [-0.25, -0.2) is 0 Å². The number of nitrogens with zero attached hydrogens (tertiary/aromatic N) is 2. The van der Waals surface area contributed by atoms with Gasteiger partial charge in [0.15, 0.2) is 5.78 Å². The summed E-state index contributed by atoms with van der Waals surface area (Å²) >= 11 is 3.39. The van der Waals surface area contributed by atoms with E-state index in [1.54, 1.807) is 24.1 Å². The zero-order valence-electron chi connectivity index (χ0n) is 12.8. The Morgan fingerprint density at radius 2 is 1.92 bits per heavy atom. The van der Waals surface area contributed by atoms with Crippen LogP contribution in [0.2, 0.25) is 0 Å². The quantitative estimate of drug-likeness (QED) is 0.644. The molecule has 0 saturated heterocycles. The van der Waals surface area contributed by atoms with E-state index in [-0.39, 0.29) is 11.5 Å². The zero-order chi connectivity index (χ0) is 17.4. The number of hydrogen-bond donors (Lipinski definition) is 1. The maximum absolute atomic E-state index is 13.0. The van der Waals surface area contributed by atoms with Crippen molar-refractivity contribution in [3.63, 3.8) is 0 Å². The molecule has 0 fully saturated rings. The van der Waals surface area contributed by atoms with Crippen molar-refractivity contribution in [3.8, 4) is 0 Å². The summed E-state index contributed by atoms with van der Waals surface area (Å²) in [7, 11) is 1.71. The average molecular weight is 388 g/mol. The minimum absolute atomic E-state index is 0.0526. The Labute approximate surface area is 146 Å². The van der Waals surface area contributed by atoms with Gasteiger partial charge in [-0.15, -0.1) is 0 Å². The van der Waals surface area contributed by atoms with E-state index in [0.717, 1.165) is 4.47 Å². The lowest BCUT2D eigenvalue weighted by Crippen LogP contribution is -2.25. The van der Waals surface area contributed by atoms with Gasteiger partial charge in [-0.3, -0.25) is 14.9 Å². The van der Waals surface area contributed by atoms with E-state index in [9.17, 15) is 14.9 Å². The zero-order valence-corrected chi connectivity index (χ0v) is 14.4. The lowest BCUT2D eigenvalue weighted by Gasteiger charge is -2.21. The largest absolute Gasteiger partial charge is 0.385 e. The summed E-state index contributed by atoms with van der Waals surface area (Å²) in [6, 6.07) is 12.7. The molecule has 0 saturated carbocycles. The average Bonchev–Trinajstić information content (AvgIpc) is 2.77. The Kier molecular flexibility index (Phi) is 4.11. The third-order valence-electron chi connectivity index (χ3n) is 4.03. The van der Waals surface area contributed by atoms with Gasteiger partial charge in [-0.1, -0.05) is 40.2 Å². The number of ketones is 1. The van der Waals surface area contributed by atoms with Crippen molar-refractivity contribution in [2.45, 2.75) is 6.04 Å². The molecule has 2 aromatic rings. The molecule has 0 bridgehead atoms. The van der Waals surface area contributed by atoms with Crippen LogP contribution in [-0.4, -0.2) is 22.7 Å². The molecular weight excluding hydrogens is 374 g/mol. The summed E-state index contributed by atoms with van der Waals surface area (Å²) in [5, 5.41) is 11.0. The number of likely N-dealkylation sites (N-methyl/N-ethyl adjacent to an activating group) is 1. The molecule has 1 heterocycles. The van der Waals surface area contributed by atoms with Gasteiger partial charge < -0.3 is 10.6 Å². The number of benzene rings is 2. The monoisotopic (exact) mass is 387 g/mol. The van der Waals surface area contributed by atoms with Crippen molar-refractivity contribution in [1.29, 1.82) is 0 Å². The van der Waals surface area contributed by atoms with Crippen LogP contribution in [0, 0.1) is 10.1 Å². The van der Waals surface area contributed by atoms with Crippen molar-refractivity contribution in [2.75, 3.05) is 7.05 Å². The highest BCUT2D eigenvalue weighted by molar-refractivity contribution is 9.10. The smallest absolute Gasteiger partial charge is 0.269 e. The first-order valence-corrected chi connectivity index (χ1v) is 7.96. The summed E-state index contributed by atoms with van der Waals surface area (Å²) in [6.07, 6.45) is 0. The van der Waals surface area contributed by atoms with E-state index in [0.29, 0.717) is 22.5 Å². The van der Waals surface area contributed by atoms with Crippen LogP contribution in [0.15, 0.2) is 58.8 Å². The number of nitro benzene ring substituents is 1. The van der Waals surface area contributed by atoms with E-state index in [4.69, 9.17) is 5.73 Å². The second kappa shape index (κ2) is 6.09. The maximum Gasteiger partial charge on any atom is 0.269 e. The molecule has 0 aliphatic carbocycles. The predicted octanol–water partition coefficient (Wildman–Crippen LogP) is 3.24. The standard InChI is InChI=1S/C17H14BrN3O3/c1-20-15(11-5-3-7-13(9-11)21(23)24)16(22)14(17(20)19)10-4-2-6-12(18)8-10/h2-9,15H,19H2,1H3. The molecule has 3 rings (SSSR count). The summed E-state index contributed by atoms with van der Waals surface area (Å²) in [5.74, 6) is 0.184. The van der Waals surface area contributed by atoms with Crippen molar-refractivity contribution >= 4 is 33.0 Å². The van der Waals surface area contributed by atoms with Crippen LogP contribution in [0.25, 0.3) is 5.57 Å². The van der Waals surface area contributed by atoms with Crippen LogP contribution in [-0.2, 0) is 4.79 Å². The lowest BCUT2D eigenvalue weighted by molar-refractivity contribution is -0.384. The fourth-order valence-electron chi connectivity index (χ4n) is 2.87. The topological polar surface area (TPSA) is 89.5 Å². The van der Waals surface area contributed by atoms with Crippen molar-refractivity contribution in [1.82, 2.24) is 4.90 Å². The minimum Gasteiger partial charge on any atom is -0.385 e. The van der Waals surface area contributed by atoms with E-state index in [1.807, 2.05) is 24.3 Å². The molecule has 0 amide bonds. The van der Waals surface area contributed by atoms with Gasteiger partial charge in [0.2, 0.25) is 0 Å². The number of nitro groups is 1. The fourth-order valence-corrected chi connectivity index (χ4v) is 3.27. The molecule has 2 aromatic carbocycles. The minimum atomic E-state index is -0.668. The summed E-state index contributed by atoms with van der Waals surface area (Å²) in [6.45, 7) is 0. The number of Topliss-reactive ketones (excluding diaryl/α,β-unsaturated/α-hetero) is 1. The number of rotatable bonds is 3. The van der Waals surface area contributed by atoms with Gasteiger partial charge in [0.1, 0.15) is 11.9 Å². The molecule has 0 spiro atoms. The van der Waals surface area contributed by atoms with E-state index in [2.05, 4.69) is 15.9 Å². The highest BCUT2D eigenvalue weighted by Crippen LogP contribution is 2.38. The van der Waals surface area contributed by atoms with Crippen LogP contribution in [0.5, 0.6) is 0 Å². The van der Waals surface area contributed by atoms with Crippen LogP contribution < -0.4 is 5.73 Å². The molecule has 6 nitrogen and oxygen atoms in total. The molecule has 1 unspecified atom stereocenters. The number of nitrogens with two attached hydrogens (primary N) is 1. The predicted molar refractivity (Wildman–Crippen MR) is 93.9 cm³/mol. The Morgan fingerprint density at radius 3 is 2.58 bits per heavy atom. The molecule has 1 atom stereocenters. The third-order valence-corrected chi connectivity index (χ3v) is 4.52. The maximum atomic E-state index is 13.0. The Balaban J connectivity index is 2.04. The van der Waals surface area contributed by atoms with Crippen molar-refractivity contribution in [3.05, 3.63) is 80.1 Å². The number of hydrogen-bond acceptors (Lipinski definition) is 5. The second-order valence-corrected chi connectivity index (χ2v) is 6.42. The highest BCUT2D eigenvalue weighted by atomic mass is 79.9. The Bertz CT molecular complexity index is 879. The molecule has 0 aromatic heterocycles. The molecule has 122 valence electrons. The van der Waals surface area contributed by atoms with Gasteiger partial charge >= 0.3 is 0 Å². The third kappa shape index (κ3) is 2.67. The summed E-state index contributed by atoms with van der Waals surface area (Å²) in [4.78, 5) is 25.1.